The number of nitrogens with one attached hydrogen (secondary N) is 1. The van der Waals surface area contributed by atoms with E-state index in [-0.39, 0.29) is 16.7 Å². The summed E-state index contributed by atoms with van der Waals surface area (Å²) in [5.41, 5.74) is 5.53. The Bertz CT molecular complexity index is 1150. The maximum atomic E-state index is 11.1. The van der Waals surface area contributed by atoms with Gasteiger partial charge in [0.15, 0.2) is 0 Å². The van der Waals surface area contributed by atoms with Crippen LogP contribution in [0.2, 0.25) is 0 Å². The molecule has 1 atom stereocenters. The zero-order chi connectivity index (χ0) is 20.2. The highest BCUT2D eigenvalue weighted by atomic mass is 79.9. The van der Waals surface area contributed by atoms with E-state index in [1.54, 1.807) is 17.6 Å². The van der Waals surface area contributed by atoms with Gasteiger partial charge in [-0.2, -0.15) is 0 Å². The average Bonchev–Trinajstić information content (AvgIpc) is 3.25. The van der Waals surface area contributed by atoms with E-state index >= 15 is 0 Å². The molecule has 0 radical (unpaired) electrons. The van der Waals surface area contributed by atoms with E-state index in [4.69, 9.17) is 0 Å². The van der Waals surface area contributed by atoms with Crippen molar-refractivity contribution >= 4 is 38.1 Å². The lowest BCUT2D eigenvalue weighted by Crippen LogP contribution is -2.12. The van der Waals surface area contributed by atoms with Gasteiger partial charge in [-0.15, -0.1) is 10.2 Å². The molecule has 0 saturated carbocycles. The monoisotopic (exact) mass is 466 g/mol. The minimum atomic E-state index is -0.380. The highest BCUT2D eigenvalue weighted by Crippen LogP contribution is 2.32. The molecule has 0 fully saturated rings. The molecule has 1 aromatic heterocycles. The summed E-state index contributed by atoms with van der Waals surface area (Å²) in [5.74, 6) is 0. The standard InChI is InChI=1S/C21H15BrN4O2S/c22-18-8-2-7-17(11-18)20(24-21-25-23-13-29-21)16-6-1-4-14(10-16)15-5-3-9-19(12-15)26(27)28/h1-13,20H,(H,24,25). The van der Waals surface area contributed by atoms with E-state index in [1.165, 1.54) is 17.4 Å². The van der Waals surface area contributed by atoms with Gasteiger partial charge in [-0.05, 0) is 40.5 Å². The Labute approximate surface area is 179 Å². The molecule has 1 N–H and O–H groups in total. The van der Waals surface area contributed by atoms with Crippen LogP contribution in [0.3, 0.4) is 0 Å². The van der Waals surface area contributed by atoms with Gasteiger partial charge in [-0.1, -0.05) is 69.7 Å². The predicted octanol–water partition coefficient (Wildman–Crippen LogP) is 6.08. The largest absolute Gasteiger partial charge is 0.349 e. The summed E-state index contributed by atoms with van der Waals surface area (Å²) in [4.78, 5) is 10.8. The molecule has 0 aliphatic rings. The molecule has 0 aliphatic carbocycles. The molecule has 144 valence electrons. The van der Waals surface area contributed by atoms with E-state index < -0.39 is 0 Å². The number of nitrogens with zero attached hydrogens (tertiary/aromatic N) is 3. The van der Waals surface area contributed by atoms with Crippen molar-refractivity contribution in [2.45, 2.75) is 6.04 Å². The zero-order valence-electron chi connectivity index (χ0n) is 15.0. The summed E-state index contributed by atoms with van der Waals surface area (Å²) < 4.78 is 0.980. The van der Waals surface area contributed by atoms with Gasteiger partial charge in [-0.3, -0.25) is 10.1 Å². The van der Waals surface area contributed by atoms with E-state index in [9.17, 15) is 10.1 Å². The van der Waals surface area contributed by atoms with Crippen molar-refractivity contribution in [3.8, 4) is 11.1 Å². The molecule has 0 amide bonds. The second-order valence-corrected chi connectivity index (χ2v) is 8.06. The van der Waals surface area contributed by atoms with Crippen molar-refractivity contribution < 1.29 is 4.92 Å². The first kappa shape index (κ1) is 19.2. The predicted molar refractivity (Wildman–Crippen MR) is 118 cm³/mol. The third-order valence-electron chi connectivity index (χ3n) is 4.42. The second-order valence-electron chi connectivity index (χ2n) is 6.31. The van der Waals surface area contributed by atoms with Gasteiger partial charge in [0, 0.05) is 16.6 Å². The van der Waals surface area contributed by atoms with Crippen molar-refractivity contribution in [3.05, 3.63) is 104 Å². The van der Waals surface area contributed by atoms with Gasteiger partial charge >= 0.3 is 0 Å². The van der Waals surface area contributed by atoms with Crippen LogP contribution >= 0.6 is 27.3 Å². The Hall–Kier alpha value is -3.10. The molecule has 3 aromatic carbocycles. The van der Waals surface area contributed by atoms with Crippen LogP contribution in [0.1, 0.15) is 17.2 Å². The lowest BCUT2D eigenvalue weighted by Gasteiger charge is -2.20. The van der Waals surface area contributed by atoms with Gasteiger partial charge < -0.3 is 5.32 Å². The molecule has 4 aromatic rings. The summed E-state index contributed by atoms with van der Waals surface area (Å²) >= 11 is 4.97. The lowest BCUT2D eigenvalue weighted by atomic mass is 9.95. The number of halogens is 1. The summed E-state index contributed by atoms with van der Waals surface area (Å²) in [6, 6.07) is 22.5. The Morgan fingerprint density at radius 1 is 0.966 bits per heavy atom. The molecule has 4 rings (SSSR count). The summed E-state index contributed by atoms with van der Waals surface area (Å²) in [7, 11) is 0. The summed E-state index contributed by atoms with van der Waals surface area (Å²) in [6.45, 7) is 0. The van der Waals surface area contributed by atoms with Crippen molar-refractivity contribution in [1.29, 1.82) is 0 Å². The number of hydrogen-bond acceptors (Lipinski definition) is 6. The molecule has 29 heavy (non-hydrogen) atoms. The Morgan fingerprint density at radius 3 is 2.34 bits per heavy atom. The van der Waals surface area contributed by atoms with Crippen molar-refractivity contribution in [1.82, 2.24) is 10.2 Å². The number of aromatic nitrogens is 2. The van der Waals surface area contributed by atoms with Gasteiger partial charge in [0.25, 0.3) is 5.69 Å². The topological polar surface area (TPSA) is 81.0 Å². The molecule has 1 heterocycles. The molecule has 6 nitrogen and oxygen atoms in total. The number of anilines is 1. The molecular weight excluding hydrogens is 452 g/mol. The number of non-ortho nitro benzene ring substituents is 1. The van der Waals surface area contributed by atoms with E-state index in [2.05, 4.69) is 37.5 Å². The third kappa shape index (κ3) is 4.49. The van der Waals surface area contributed by atoms with Crippen LogP contribution in [0.15, 0.2) is 82.8 Å². The highest BCUT2D eigenvalue weighted by molar-refractivity contribution is 9.10. The number of hydrogen-bond donors (Lipinski definition) is 1. The number of benzene rings is 3. The average molecular weight is 467 g/mol. The number of nitro groups is 1. The van der Waals surface area contributed by atoms with E-state index in [0.717, 1.165) is 31.9 Å². The molecule has 0 aliphatic heterocycles. The van der Waals surface area contributed by atoms with Crippen LogP contribution in [-0.4, -0.2) is 15.1 Å². The first-order chi connectivity index (χ1) is 14.1. The fourth-order valence-electron chi connectivity index (χ4n) is 3.10. The minimum absolute atomic E-state index is 0.0726. The van der Waals surface area contributed by atoms with Crippen molar-refractivity contribution in [2.24, 2.45) is 0 Å². The van der Waals surface area contributed by atoms with E-state index in [1.807, 2.05) is 48.5 Å². The Morgan fingerprint density at radius 2 is 1.66 bits per heavy atom. The molecule has 0 spiro atoms. The van der Waals surface area contributed by atoms with Gasteiger partial charge in [0.1, 0.15) is 5.51 Å². The SMILES string of the molecule is O=[N+]([O-])c1cccc(-c2cccc(C(Nc3nncs3)c3cccc(Br)c3)c2)c1. The van der Waals surface area contributed by atoms with Gasteiger partial charge in [0.2, 0.25) is 5.13 Å². The smallest absolute Gasteiger partial charge is 0.270 e. The van der Waals surface area contributed by atoms with Crippen LogP contribution in [0.5, 0.6) is 0 Å². The molecule has 0 saturated heterocycles. The normalized spacial score (nSPS) is 11.8. The van der Waals surface area contributed by atoms with Crippen LogP contribution in [0.4, 0.5) is 10.8 Å². The van der Waals surface area contributed by atoms with Crippen molar-refractivity contribution in [2.75, 3.05) is 5.32 Å². The number of rotatable bonds is 6. The fraction of sp³-hybridized carbons (Fsp3) is 0.0476. The van der Waals surface area contributed by atoms with Crippen LogP contribution in [-0.2, 0) is 0 Å². The quantitative estimate of drug-likeness (QED) is 0.275. The van der Waals surface area contributed by atoms with Crippen LogP contribution in [0, 0.1) is 10.1 Å². The minimum Gasteiger partial charge on any atom is -0.349 e. The Kier molecular flexibility index (Phi) is 5.64. The first-order valence-electron chi connectivity index (χ1n) is 8.73. The molecule has 1 unspecified atom stereocenters. The van der Waals surface area contributed by atoms with Gasteiger partial charge in [0.05, 0.1) is 11.0 Å². The van der Waals surface area contributed by atoms with Crippen LogP contribution in [0.25, 0.3) is 11.1 Å². The summed E-state index contributed by atoms with van der Waals surface area (Å²) in [5, 5.41) is 23.3. The van der Waals surface area contributed by atoms with Gasteiger partial charge in [-0.25, -0.2) is 0 Å². The zero-order valence-corrected chi connectivity index (χ0v) is 17.4. The van der Waals surface area contributed by atoms with E-state index in [0.29, 0.717) is 0 Å². The molecule has 8 heteroatoms. The number of nitro benzene ring substituents is 1. The summed E-state index contributed by atoms with van der Waals surface area (Å²) in [6.07, 6.45) is 0. The lowest BCUT2D eigenvalue weighted by molar-refractivity contribution is -0.384. The Balaban J connectivity index is 1.76. The van der Waals surface area contributed by atoms with Crippen LogP contribution < -0.4 is 5.32 Å². The van der Waals surface area contributed by atoms with Crippen molar-refractivity contribution in [3.63, 3.8) is 0 Å². The second kappa shape index (κ2) is 8.50. The first-order valence-corrected chi connectivity index (χ1v) is 10.4. The third-order valence-corrected chi connectivity index (χ3v) is 5.54. The highest BCUT2D eigenvalue weighted by Gasteiger charge is 2.17. The fourth-order valence-corrected chi connectivity index (χ4v) is 3.99. The maximum absolute atomic E-state index is 11.1. The molecular formula is C21H15BrN4O2S. The molecule has 0 bridgehead atoms. The maximum Gasteiger partial charge on any atom is 0.270 e.